The molecule has 0 spiro atoms. The molecule has 0 unspecified atom stereocenters. The van der Waals surface area contributed by atoms with Crippen molar-refractivity contribution in [2.24, 2.45) is 0 Å². The van der Waals surface area contributed by atoms with Gasteiger partial charge in [0.15, 0.2) is 0 Å². The molecule has 1 aliphatic heterocycles. The third kappa shape index (κ3) is 4.07. The number of carbonyl (C=O) groups is 3. The zero-order chi connectivity index (χ0) is 16.1. The van der Waals surface area contributed by atoms with Crippen molar-refractivity contribution in [2.45, 2.75) is 26.2 Å². The molecule has 1 saturated heterocycles. The van der Waals surface area contributed by atoms with Gasteiger partial charge in [0.25, 0.3) is 5.91 Å². The Hall–Kier alpha value is -2.37. The summed E-state index contributed by atoms with van der Waals surface area (Å²) in [6.07, 6.45) is 3.14. The maximum Gasteiger partial charge on any atom is 0.335 e. The van der Waals surface area contributed by atoms with E-state index in [0.717, 1.165) is 32.4 Å². The molecule has 0 bridgehead atoms. The molecule has 1 heterocycles. The number of piperidine rings is 1. The molecular formula is C16H20N2O4. The van der Waals surface area contributed by atoms with Gasteiger partial charge in [-0.15, -0.1) is 0 Å². The van der Waals surface area contributed by atoms with E-state index >= 15 is 0 Å². The third-order valence-corrected chi connectivity index (χ3v) is 3.70. The van der Waals surface area contributed by atoms with Crippen LogP contribution in [-0.2, 0) is 4.79 Å². The zero-order valence-electron chi connectivity index (χ0n) is 12.6. The second-order valence-corrected chi connectivity index (χ2v) is 5.52. The summed E-state index contributed by atoms with van der Waals surface area (Å²) < 4.78 is 0. The number of nitrogens with zero attached hydrogens (tertiary/aromatic N) is 1. The lowest BCUT2D eigenvalue weighted by Crippen LogP contribution is -2.42. The van der Waals surface area contributed by atoms with Gasteiger partial charge in [-0.25, -0.2) is 4.79 Å². The molecule has 1 aromatic carbocycles. The second-order valence-electron chi connectivity index (χ2n) is 5.52. The van der Waals surface area contributed by atoms with Crippen molar-refractivity contribution in [3.8, 4) is 0 Å². The first-order valence-corrected chi connectivity index (χ1v) is 7.38. The van der Waals surface area contributed by atoms with E-state index in [2.05, 4.69) is 5.32 Å². The average Bonchev–Trinajstić information content (AvgIpc) is 2.52. The topological polar surface area (TPSA) is 86.7 Å². The monoisotopic (exact) mass is 304 g/mol. The van der Waals surface area contributed by atoms with Crippen LogP contribution in [0.5, 0.6) is 0 Å². The number of amides is 2. The van der Waals surface area contributed by atoms with E-state index in [1.165, 1.54) is 12.1 Å². The number of carboxylic acid groups (broad SMARTS) is 1. The predicted octanol–water partition coefficient (Wildman–Crippen LogP) is 1.44. The average molecular weight is 304 g/mol. The van der Waals surface area contributed by atoms with Crippen molar-refractivity contribution in [1.82, 2.24) is 10.2 Å². The van der Waals surface area contributed by atoms with Crippen molar-refractivity contribution < 1.29 is 19.5 Å². The van der Waals surface area contributed by atoms with Crippen LogP contribution in [0, 0.1) is 6.92 Å². The highest BCUT2D eigenvalue weighted by Crippen LogP contribution is 2.11. The van der Waals surface area contributed by atoms with Crippen LogP contribution in [0.2, 0.25) is 0 Å². The van der Waals surface area contributed by atoms with Crippen LogP contribution in [0.15, 0.2) is 18.2 Å². The summed E-state index contributed by atoms with van der Waals surface area (Å²) in [5.74, 6) is -1.61. The minimum Gasteiger partial charge on any atom is -0.478 e. The lowest BCUT2D eigenvalue weighted by Gasteiger charge is -2.26. The molecule has 0 saturated carbocycles. The van der Waals surface area contributed by atoms with Crippen LogP contribution in [0.25, 0.3) is 0 Å². The van der Waals surface area contributed by atoms with Crippen LogP contribution in [-0.4, -0.2) is 47.4 Å². The Morgan fingerprint density at radius 2 is 1.73 bits per heavy atom. The van der Waals surface area contributed by atoms with E-state index in [9.17, 15) is 14.4 Å². The Bertz CT molecular complexity index is 592. The van der Waals surface area contributed by atoms with Gasteiger partial charge >= 0.3 is 5.97 Å². The number of carboxylic acids is 1. The van der Waals surface area contributed by atoms with E-state index in [-0.39, 0.29) is 23.6 Å². The number of aromatic carboxylic acids is 1. The van der Waals surface area contributed by atoms with E-state index in [4.69, 9.17) is 5.11 Å². The number of rotatable bonds is 4. The van der Waals surface area contributed by atoms with Crippen LogP contribution >= 0.6 is 0 Å². The molecule has 118 valence electrons. The zero-order valence-corrected chi connectivity index (χ0v) is 12.6. The lowest BCUT2D eigenvalue weighted by atomic mass is 10.1. The number of nitrogens with one attached hydrogen (secondary N) is 1. The number of carbonyl (C=O) groups excluding carboxylic acids is 2. The molecule has 0 aliphatic carbocycles. The van der Waals surface area contributed by atoms with Gasteiger partial charge in [0, 0.05) is 18.7 Å². The predicted molar refractivity (Wildman–Crippen MR) is 80.9 cm³/mol. The van der Waals surface area contributed by atoms with Crippen molar-refractivity contribution >= 4 is 17.8 Å². The molecule has 0 atom stereocenters. The maximum atomic E-state index is 12.1. The van der Waals surface area contributed by atoms with Gasteiger partial charge in [-0.1, -0.05) is 0 Å². The first-order chi connectivity index (χ1) is 10.5. The summed E-state index contributed by atoms with van der Waals surface area (Å²) in [6.45, 7) is 3.14. The van der Waals surface area contributed by atoms with Crippen LogP contribution in [0.1, 0.15) is 45.5 Å². The maximum absolute atomic E-state index is 12.1. The van der Waals surface area contributed by atoms with Gasteiger partial charge in [0.05, 0.1) is 12.1 Å². The Labute approximate surface area is 129 Å². The van der Waals surface area contributed by atoms with Gasteiger partial charge in [-0.3, -0.25) is 9.59 Å². The third-order valence-electron chi connectivity index (χ3n) is 3.70. The molecule has 1 aromatic rings. The smallest absolute Gasteiger partial charge is 0.335 e. The fourth-order valence-corrected chi connectivity index (χ4v) is 2.55. The Kier molecular flexibility index (Phi) is 5.14. The van der Waals surface area contributed by atoms with E-state index in [1.807, 2.05) is 0 Å². The molecule has 2 rings (SSSR count). The standard InChI is InChI=1S/C16H20N2O4/c1-11-7-12(9-13(8-11)16(21)22)15(20)17-10-14(19)18-5-3-2-4-6-18/h7-9H,2-6,10H2,1H3,(H,17,20)(H,21,22). The molecule has 6 nitrogen and oxygen atoms in total. The summed E-state index contributed by atoms with van der Waals surface area (Å²) in [5.41, 5.74) is 1.00. The minimum atomic E-state index is -1.08. The summed E-state index contributed by atoms with van der Waals surface area (Å²) >= 11 is 0. The number of hydrogen-bond donors (Lipinski definition) is 2. The van der Waals surface area contributed by atoms with Crippen LogP contribution < -0.4 is 5.32 Å². The van der Waals surface area contributed by atoms with Gasteiger partial charge in [-0.2, -0.15) is 0 Å². The summed E-state index contributed by atoms with van der Waals surface area (Å²) in [6, 6.07) is 4.42. The minimum absolute atomic E-state index is 0.0603. The Morgan fingerprint density at radius 1 is 1.09 bits per heavy atom. The summed E-state index contributed by atoms with van der Waals surface area (Å²) in [7, 11) is 0. The van der Waals surface area contributed by atoms with E-state index in [1.54, 1.807) is 17.9 Å². The highest BCUT2D eigenvalue weighted by molar-refractivity contribution is 5.99. The molecule has 6 heteroatoms. The molecule has 2 N–H and O–H groups in total. The SMILES string of the molecule is Cc1cc(C(=O)O)cc(C(=O)NCC(=O)N2CCCCC2)c1. The van der Waals surface area contributed by atoms with Gasteiger partial charge < -0.3 is 15.3 Å². The lowest BCUT2D eigenvalue weighted by molar-refractivity contribution is -0.130. The largest absolute Gasteiger partial charge is 0.478 e. The fraction of sp³-hybridized carbons (Fsp3) is 0.438. The van der Waals surface area contributed by atoms with E-state index < -0.39 is 11.9 Å². The first-order valence-electron chi connectivity index (χ1n) is 7.38. The number of hydrogen-bond acceptors (Lipinski definition) is 3. The number of likely N-dealkylation sites (tertiary alicyclic amines) is 1. The summed E-state index contributed by atoms with van der Waals surface area (Å²) in [5, 5.41) is 11.6. The van der Waals surface area contributed by atoms with Crippen molar-refractivity contribution in [2.75, 3.05) is 19.6 Å². The highest BCUT2D eigenvalue weighted by Gasteiger charge is 2.18. The number of benzene rings is 1. The van der Waals surface area contributed by atoms with Crippen LogP contribution in [0.3, 0.4) is 0 Å². The summed E-state index contributed by atoms with van der Waals surface area (Å²) in [4.78, 5) is 36.8. The molecule has 22 heavy (non-hydrogen) atoms. The van der Waals surface area contributed by atoms with Crippen molar-refractivity contribution in [3.05, 3.63) is 34.9 Å². The van der Waals surface area contributed by atoms with Gasteiger partial charge in [0.2, 0.25) is 5.91 Å². The molecular weight excluding hydrogens is 284 g/mol. The molecule has 2 amide bonds. The Morgan fingerprint density at radius 3 is 2.36 bits per heavy atom. The molecule has 0 radical (unpaired) electrons. The van der Waals surface area contributed by atoms with Crippen LogP contribution in [0.4, 0.5) is 0 Å². The van der Waals surface area contributed by atoms with Gasteiger partial charge in [0.1, 0.15) is 0 Å². The fourth-order valence-electron chi connectivity index (χ4n) is 2.55. The Balaban J connectivity index is 1.97. The molecule has 1 aliphatic rings. The first kappa shape index (κ1) is 16.0. The molecule has 1 fully saturated rings. The van der Waals surface area contributed by atoms with Crippen molar-refractivity contribution in [3.63, 3.8) is 0 Å². The van der Waals surface area contributed by atoms with E-state index in [0.29, 0.717) is 5.56 Å². The normalized spacial score (nSPS) is 14.5. The highest BCUT2D eigenvalue weighted by atomic mass is 16.4. The number of aryl methyl sites for hydroxylation is 1. The van der Waals surface area contributed by atoms with Gasteiger partial charge in [-0.05, 0) is 49.9 Å². The molecule has 0 aromatic heterocycles. The second kappa shape index (κ2) is 7.06. The quantitative estimate of drug-likeness (QED) is 0.881. The van der Waals surface area contributed by atoms with Crippen molar-refractivity contribution in [1.29, 1.82) is 0 Å².